The Morgan fingerprint density at radius 3 is 2.54 bits per heavy atom. The van der Waals surface area contributed by atoms with Gasteiger partial charge in [0.05, 0.1) is 16.6 Å². The average molecular weight is 480 g/mol. The summed E-state index contributed by atoms with van der Waals surface area (Å²) < 4.78 is 6.98. The first-order valence-corrected chi connectivity index (χ1v) is 9.57. The Morgan fingerprint density at radius 1 is 1.25 bits per heavy atom. The standard InChI is InChI=1S/C15H18Br2ClN5O/c1-24-9-7-8(16)11(18)10(17)12(9)23-14(20)21-13(19)22-15(23)5-3-2-4-6-15/h7H,2-6H2,1H3,(H4,19,20,21,22). The highest BCUT2D eigenvalue weighted by Gasteiger charge is 2.44. The Morgan fingerprint density at radius 2 is 1.92 bits per heavy atom. The van der Waals surface area contributed by atoms with Gasteiger partial charge in [0.2, 0.25) is 11.9 Å². The summed E-state index contributed by atoms with van der Waals surface area (Å²) >= 11 is 13.4. The van der Waals surface area contributed by atoms with E-state index in [1.165, 1.54) is 6.42 Å². The van der Waals surface area contributed by atoms with Gasteiger partial charge in [0.25, 0.3) is 0 Å². The molecule has 1 heterocycles. The summed E-state index contributed by atoms with van der Waals surface area (Å²) in [6.07, 6.45) is 4.94. The third-order valence-electron chi connectivity index (χ3n) is 4.40. The van der Waals surface area contributed by atoms with Gasteiger partial charge in [-0.1, -0.05) is 18.0 Å². The fourth-order valence-corrected chi connectivity index (χ4v) is 4.78. The van der Waals surface area contributed by atoms with Crippen molar-refractivity contribution in [1.82, 2.24) is 0 Å². The maximum Gasteiger partial charge on any atom is 0.220 e. The molecule has 0 radical (unpaired) electrons. The molecule has 0 unspecified atom stereocenters. The van der Waals surface area contributed by atoms with Crippen molar-refractivity contribution in [2.75, 3.05) is 12.0 Å². The van der Waals surface area contributed by atoms with E-state index >= 15 is 0 Å². The molecule has 0 amide bonds. The fourth-order valence-electron chi connectivity index (χ4n) is 3.37. The quantitative estimate of drug-likeness (QED) is 0.628. The summed E-state index contributed by atoms with van der Waals surface area (Å²) in [5, 5.41) is 0.534. The van der Waals surface area contributed by atoms with E-state index in [1.54, 1.807) is 7.11 Å². The molecule has 1 aliphatic heterocycles. The van der Waals surface area contributed by atoms with Crippen molar-refractivity contribution >= 4 is 61.1 Å². The van der Waals surface area contributed by atoms with Crippen molar-refractivity contribution in [2.45, 2.75) is 37.8 Å². The van der Waals surface area contributed by atoms with Crippen LogP contribution < -0.4 is 21.1 Å². The summed E-state index contributed by atoms with van der Waals surface area (Å²) in [4.78, 5) is 10.8. The molecule has 1 saturated carbocycles. The van der Waals surface area contributed by atoms with Crippen molar-refractivity contribution in [3.63, 3.8) is 0 Å². The number of methoxy groups -OCH3 is 1. The lowest BCUT2D eigenvalue weighted by Gasteiger charge is -2.46. The van der Waals surface area contributed by atoms with E-state index in [0.29, 0.717) is 26.9 Å². The molecule has 0 saturated heterocycles. The summed E-state index contributed by atoms with van der Waals surface area (Å²) in [5.41, 5.74) is 12.3. The minimum atomic E-state index is -0.554. The molecule has 1 fully saturated rings. The van der Waals surface area contributed by atoms with Crippen LogP contribution >= 0.6 is 43.5 Å². The highest BCUT2D eigenvalue weighted by Crippen LogP contribution is 2.49. The zero-order valence-corrected chi connectivity index (χ0v) is 17.1. The molecule has 1 aromatic rings. The van der Waals surface area contributed by atoms with Crippen LogP contribution in [-0.4, -0.2) is 24.7 Å². The molecule has 0 atom stereocenters. The Balaban J connectivity index is 2.23. The lowest BCUT2D eigenvalue weighted by molar-refractivity contribution is 0.302. The summed E-state index contributed by atoms with van der Waals surface area (Å²) in [7, 11) is 1.61. The van der Waals surface area contributed by atoms with Crippen LogP contribution in [0.4, 0.5) is 5.69 Å². The molecule has 130 valence electrons. The summed E-state index contributed by atoms with van der Waals surface area (Å²) in [6, 6.07) is 1.81. The lowest BCUT2D eigenvalue weighted by atomic mass is 9.87. The van der Waals surface area contributed by atoms with E-state index in [0.717, 1.165) is 30.2 Å². The van der Waals surface area contributed by atoms with Crippen molar-refractivity contribution in [3.8, 4) is 5.75 Å². The largest absolute Gasteiger partial charge is 0.494 e. The highest BCUT2D eigenvalue weighted by atomic mass is 79.9. The zero-order chi connectivity index (χ0) is 17.5. The molecule has 1 aliphatic carbocycles. The first kappa shape index (κ1) is 17.8. The number of nitrogens with zero attached hydrogens (tertiary/aromatic N) is 3. The van der Waals surface area contributed by atoms with Gasteiger partial charge in [0.15, 0.2) is 0 Å². The number of benzene rings is 1. The van der Waals surface area contributed by atoms with Crippen molar-refractivity contribution in [2.24, 2.45) is 21.5 Å². The second kappa shape index (κ2) is 6.72. The van der Waals surface area contributed by atoms with Crippen LogP contribution in [0.5, 0.6) is 5.75 Å². The van der Waals surface area contributed by atoms with Gasteiger partial charge in [-0.25, -0.2) is 4.99 Å². The maximum absolute atomic E-state index is 6.42. The second-order valence-corrected chi connectivity index (χ2v) is 7.88. The van der Waals surface area contributed by atoms with E-state index in [1.807, 2.05) is 11.0 Å². The minimum Gasteiger partial charge on any atom is -0.494 e. The number of hydrogen-bond acceptors (Lipinski definition) is 6. The monoisotopic (exact) mass is 477 g/mol. The van der Waals surface area contributed by atoms with Crippen LogP contribution in [0.15, 0.2) is 25.0 Å². The normalized spacial score (nSPS) is 19.9. The predicted molar refractivity (Wildman–Crippen MR) is 105 cm³/mol. The van der Waals surface area contributed by atoms with Gasteiger partial charge in [0.1, 0.15) is 17.1 Å². The van der Waals surface area contributed by atoms with Crippen LogP contribution in [0.1, 0.15) is 32.1 Å². The molecule has 2 aliphatic rings. The van der Waals surface area contributed by atoms with Crippen LogP contribution in [0.2, 0.25) is 5.02 Å². The molecule has 3 rings (SSSR count). The number of aliphatic imine (C=N–C) groups is 2. The van der Waals surface area contributed by atoms with Crippen LogP contribution in [-0.2, 0) is 0 Å². The van der Waals surface area contributed by atoms with E-state index in [2.05, 4.69) is 41.8 Å². The third-order valence-corrected chi connectivity index (χ3v) is 6.64. The van der Waals surface area contributed by atoms with Crippen molar-refractivity contribution in [1.29, 1.82) is 0 Å². The molecular weight excluding hydrogens is 461 g/mol. The number of hydrogen-bond donors (Lipinski definition) is 2. The van der Waals surface area contributed by atoms with E-state index < -0.39 is 5.66 Å². The number of guanidine groups is 2. The van der Waals surface area contributed by atoms with Gasteiger partial charge >= 0.3 is 0 Å². The molecule has 6 nitrogen and oxygen atoms in total. The Bertz CT molecular complexity index is 731. The maximum atomic E-state index is 6.42. The van der Waals surface area contributed by atoms with Gasteiger partial charge in [0, 0.05) is 4.47 Å². The van der Waals surface area contributed by atoms with E-state index in [-0.39, 0.29) is 5.96 Å². The van der Waals surface area contributed by atoms with Crippen LogP contribution in [0, 0.1) is 0 Å². The van der Waals surface area contributed by atoms with Crippen LogP contribution in [0.25, 0.3) is 0 Å². The third kappa shape index (κ3) is 2.88. The summed E-state index contributed by atoms with van der Waals surface area (Å²) in [6.45, 7) is 0. The molecule has 0 bridgehead atoms. The molecule has 24 heavy (non-hydrogen) atoms. The molecule has 4 N–H and O–H groups in total. The zero-order valence-electron chi connectivity index (χ0n) is 13.2. The molecule has 1 aromatic carbocycles. The second-order valence-electron chi connectivity index (χ2n) is 5.86. The first-order valence-electron chi connectivity index (χ1n) is 7.61. The van der Waals surface area contributed by atoms with E-state index in [4.69, 9.17) is 27.8 Å². The minimum absolute atomic E-state index is 0.212. The topological polar surface area (TPSA) is 89.2 Å². The first-order chi connectivity index (χ1) is 11.4. The van der Waals surface area contributed by atoms with Crippen LogP contribution in [0.3, 0.4) is 0 Å². The molecule has 0 aromatic heterocycles. The number of ether oxygens (including phenoxy) is 1. The SMILES string of the molecule is COc1cc(Br)c(Cl)c(Br)c1N1C(N)=NC(N)=NC12CCCCC2. The Kier molecular flexibility index (Phi) is 4.99. The number of anilines is 1. The van der Waals surface area contributed by atoms with Gasteiger partial charge in [-0.05, 0) is 63.6 Å². The van der Waals surface area contributed by atoms with Crippen molar-refractivity contribution < 1.29 is 4.74 Å². The van der Waals surface area contributed by atoms with Gasteiger partial charge in [-0.15, -0.1) is 0 Å². The lowest BCUT2D eigenvalue weighted by Crippen LogP contribution is -2.58. The molecule has 1 spiro atoms. The van der Waals surface area contributed by atoms with Gasteiger partial charge in [-0.3, -0.25) is 4.90 Å². The van der Waals surface area contributed by atoms with Gasteiger partial charge < -0.3 is 16.2 Å². The summed E-state index contributed by atoms with van der Waals surface area (Å²) in [5.74, 6) is 1.13. The van der Waals surface area contributed by atoms with Gasteiger partial charge in [-0.2, -0.15) is 4.99 Å². The smallest absolute Gasteiger partial charge is 0.220 e. The predicted octanol–water partition coefficient (Wildman–Crippen LogP) is 3.98. The van der Waals surface area contributed by atoms with E-state index in [9.17, 15) is 0 Å². The highest BCUT2D eigenvalue weighted by molar-refractivity contribution is 9.11. The molecule has 9 heteroatoms. The molecular formula is C15H18Br2ClN5O. The number of nitrogens with two attached hydrogens (primary N) is 2. The number of rotatable bonds is 2. The average Bonchev–Trinajstić information content (AvgIpc) is 2.54. The number of halogens is 3. The fraction of sp³-hybridized carbons (Fsp3) is 0.467. The van der Waals surface area contributed by atoms with Crippen molar-refractivity contribution in [3.05, 3.63) is 20.0 Å². The Labute approximate surface area is 162 Å². The Hall–Kier alpha value is -0.990.